The molecule has 1 aliphatic carbocycles. The maximum absolute atomic E-state index is 12.7. The molecule has 0 spiro atoms. The highest BCUT2D eigenvalue weighted by Crippen LogP contribution is 2.28. The first-order valence-electron chi connectivity index (χ1n) is 11.2. The molecule has 0 heterocycles. The van der Waals surface area contributed by atoms with Crippen LogP contribution >= 0.6 is 0 Å². The smallest absolute Gasteiger partial charge is 0.251 e. The largest absolute Gasteiger partial charge is 0.349 e. The fraction of sp³-hybridized carbons (Fsp3) is 0.480. The molecular weight excluding hydrogens is 408 g/mol. The van der Waals surface area contributed by atoms with Gasteiger partial charge in [-0.25, -0.2) is 8.42 Å². The van der Waals surface area contributed by atoms with Crippen LogP contribution in [-0.2, 0) is 16.6 Å². The lowest BCUT2D eigenvalue weighted by atomic mass is 9.96. The molecule has 31 heavy (non-hydrogen) atoms. The zero-order valence-corrected chi connectivity index (χ0v) is 19.7. The summed E-state index contributed by atoms with van der Waals surface area (Å²) in [5, 5.41) is 3.18. The van der Waals surface area contributed by atoms with Gasteiger partial charge < -0.3 is 5.32 Å². The normalized spacial score (nSPS) is 15.7. The Bertz CT molecular complexity index is 972. The minimum absolute atomic E-state index is 0.0492. The number of aryl methyl sites for hydroxylation is 2. The van der Waals surface area contributed by atoms with Crippen molar-refractivity contribution in [1.29, 1.82) is 0 Å². The van der Waals surface area contributed by atoms with Gasteiger partial charge in [-0.15, -0.1) is 0 Å². The van der Waals surface area contributed by atoms with E-state index in [2.05, 4.69) is 5.32 Å². The van der Waals surface area contributed by atoms with Gasteiger partial charge in [0.25, 0.3) is 5.91 Å². The van der Waals surface area contributed by atoms with Gasteiger partial charge in [-0.1, -0.05) is 62.4 Å². The second kappa shape index (κ2) is 10.3. The number of para-hydroxylation sites is 1. The van der Waals surface area contributed by atoms with E-state index in [9.17, 15) is 13.2 Å². The van der Waals surface area contributed by atoms with E-state index in [4.69, 9.17) is 0 Å². The lowest BCUT2D eigenvalue weighted by Crippen LogP contribution is -2.35. The minimum atomic E-state index is -3.46. The second-order valence-electron chi connectivity index (χ2n) is 8.72. The van der Waals surface area contributed by atoms with Crippen molar-refractivity contribution in [3.05, 3.63) is 64.7 Å². The Morgan fingerprint density at radius 2 is 1.48 bits per heavy atom. The van der Waals surface area contributed by atoms with Crippen LogP contribution in [-0.4, -0.2) is 26.6 Å². The summed E-state index contributed by atoms with van der Waals surface area (Å²) in [7, 11) is -3.46. The van der Waals surface area contributed by atoms with E-state index >= 15 is 0 Å². The molecule has 0 bridgehead atoms. The molecule has 0 aliphatic heterocycles. The Morgan fingerprint density at radius 3 is 2.03 bits per heavy atom. The Morgan fingerprint density at radius 1 is 0.935 bits per heavy atom. The Labute approximate surface area is 186 Å². The van der Waals surface area contributed by atoms with Gasteiger partial charge in [0.05, 0.1) is 18.5 Å². The first kappa shape index (κ1) is 23.3. The van der Waals surface area contributed by atoms with E-state index in [0.29, 0.717) is 5.56 Å². The zero-order valence-electron chi connectivity index (χ0n) is 18.9. The van der Waals surface area contributed by atoms with E-state index in [1.807, 2.05) is 44.2 Å². The summed E-state index contributed by atoms with van der Waals surface area (Å²) in [5.74, 6) is -0.0492. The SMILES string of the molecule is Cc1cccc(C)c1N(Cc1ccc(C(=O)NC2CCCCCCC2)cc1)S(C)(=O)=O. The number of hydrogen-bond donors (Lipinski definition) is 1. The van der Waals surface area contributed by atoms with Crippen molar-refractivity contribution in [2.45, 2.75) is 71.4 Å². The van der Waals surface area contributed by atoms with E-state index in [1.165, 1.54) is 42.7 Å². The number of nitrogens with zero attached hydrogens (tertiary/aromatic N) is 1. The average molecular weight is 443 g/mol. The molecule has 0 radical (unpaired) electrons. The van der Waals surface area contributed by atoms with Gasteiger partial charge >= 0.3 is 0 Å². The molecule has 2 aromatic carbocycles. The fourth-order valence-electron chi connectivity index (χ4n) is 4.36. The maximum atomic E-state index is 12.7. The van der Waals surface area contributed by atoms with Crippen molar-refractivity contribution < 1.29 is 13.2 Å². The van der Waals surface area contributed by atoms with Crippen molar-refractivity contribution in [2.24, 2.45) is 0 Å². The van der Waals surface area contributed by atoms with Crippen molar-refractivity contribution >= 4 is 21.6 Å². The van der Waals surface area contributed by atoms with E-state index in [-0.39, 0.29) is 18.5 Å². The molecule has 3 rings (SSSR count). The van der Waals surface area contributed by atoms with Crippen molar-refractivity contribution in [3.8, 4) is 0 Å². The topological polar surface area (TPSA) is 66.5 Å². The van der Waals surface area contributed by atoms with Crippen LogP contribution in [0.3, 0.4) is 0 Å². The average Bonchev–Trinajstić information content (AvgIpc) is 2.68. The molecule has 0 atom stereocenters. The zero-order chi connectivity index (χ0) is 22.4. The number of hydrogen-bond acceptors (Lipinski definition) is 3. The summed E-state index contributed by atoms with van der Waals surface area (Å²) in [6.45, 7) is 4.07. The molecule has 1 aliphatic rings. The van der Waals surface area contributed by atoms with Crippen molar-refractivity contribution in [3.63, 3.8) is 0 Å². The molecular formula is C25H34N2O3S. The van der Waals surface area contributed by atoms with Crippen LogP contribution < -0.4 is 9.62 Å². The summed E-state index contributed by atoms with van der Waals surface area (Å²) in [6.07, 6.45) is 9.46. The third-order valence-electron chi connectivity index (χ3n) is 6.07. The number of carbonyl (C=O) groups excluding carboxylic acids is 1. The number of anilines is 1. The third kappa shape index (κ3) is 6.33. The molecule has 0 unspecified atom stereocenters. The molecule has 5 nitrogen and oxygen atoms in total. The van der Waals surface area contributed by atoms with Gasteiger partial charge in [-0.2, -0.15) is 0 Å². The number of nitrogens with one attached hydrogen (secondary N) is 1. The summed E-state index contributed by atoms with van der Waals surface area (Å²) >= 11 is 0. The van der Waals surface area contributed by atoms with Crippen molar-refractivity contribution in [2.75, 3.05) is 10.6 Å². The second-order valence-corrected chi connectivity index (χ2v) is 10.6. The monoisotopic (exact) mass is 442 g/mol. The van der Waals surface area contributed by atoms with Crippen LogP contribution in [0.15, 0.2) is 42.5 Å². The molecule has 0 aromatic heterocycles. The van der Waals surface area contributed by atoms with Crippen LogP contribution in [0, 0.1) is 13.8 Å². The van der Waals surface area contributed by atoms with Gasteiger partial charge in [0, 0.05) is 11.6 Å². The summed E-state index contributed by atoms with van der Waals surface area (Å²) in [6, 6.07) is 13.3. The molecule has 1 amide bonds. The van der Waals surface area contributed by atoms with Crippen LogP contribution in [0.2, 0.25) is 0 Å². The number of benzene rings is 2. The van der Waals surface area contributed by atoms with Gasteiger partial charge in [0.15, 0.2) is 0 Å². The molecule has 2 aromatic rings. The van der Waals surface area contributed by atoms with Gasteiger partial charge in [0.1, 0.15) is 0 Å². The molecule has 168 valence electrons. The molecule has 1 saturated carbocycles. The standard InChI is InChI=1S/C25H34N2O3S/c1-19-10-9-11-20(2)24(19)27(31(3,29)30)18-21-14-16-22(17-15-21)25(28)26-23-12-7-5-4-6-8-13-23/h9-11,14-17,23H,4-8,12-13,18H2,1-3H3,(H,26,28). The van der Waals surface area contributed by atoms with E-state index < -0.39 is 10.0 Å². The van der Waals surface area contributed by atoms with E-state index in [0.717, 1.165) is 35.2 Å². The summed E-state index contributed by atoms with van der Waals surface area (Å²) in [5.41, 5.74) is 4.01. The Kier molecular flexibility index (Phi) is 7.76. The number of sulfonamides is 1. The number of amides is 1. The number of carbonyl (C=O) groups is 1. The lowest BCUT2D eigenvalue weighted by molar-refractivity contribution is 0.0930. The minimum Gasteiger partial charge on any atom is -0.349 e. The predicted octanol–water partition coefficient (Wildman–Crippen LogP) is 5.11. The van der Waals surface area contributed by atoms with Gasteiger partial charge in [0.2, 0.25) is 10.0 Å². The van der Waals surface area contributed by atoms with Crippen LogP contribution in [0.1, 0.15) is 72.0 Å². The predicted molar refractivity (Wildman–Crippen MR) is 127 cm³/mol. The number of rotatable bonds is 6. The van der Waals surface area contributed by atoms with Crippen LogP contribution in [0.25, 0.3) is 0 Å². The van der Waals surface area contributed by atoms with Crippen molar-refractivity contribution in [1.82, 2.24) is 5.32 Å². The Hall–Kier alpha value is -2.34. The first-order chi connectivity index (χ1) is 14.8. The summed E-state index contributed by atoms with van der Waals surface area (Å²) < 4.78 is 26.5. The van der Waals surface area contributed by atoms with E-state index in [1.54, 1.807) is 12.1 Å². The highest BCUT2D eigenvalue weighted by Gasteiger charge is 2.22. The van der Waals surface area contributed by atoms with Crippen LogP contribution in [0.4, 0.5) is 5.69 Å². The van der Waals surface area contributed by atoms with Gasteiger partial charge in [-0.05, 0) is 55.5 Å². The molecule has 1 fully saturated rings. The first-order valence-corrected chi connectivity index (χ1v) is 13.0. The third-order valence-corrected chi connectivity index (χ3v) is 7.18. The van der Waals surface area contributed by atoms with Crippen LogP contribution in [0.5, 0.6) is 0 Å². The molecule has 6 heteroatoms. The van der Waals surface area contributed by atoms with Gasteiger partial charge in [-0.3, -0.25) is 9.10 Å². The molecule has 1 N–H and O–H groups in total. The highest BCUT2D eigenvalue weighted by atomic mass is 32.2. The summed E-state index contributed by atoms with van der Waals surface area (Å²) in [4.78, 5) is 12.7. The fourth-order valence-corrected chi connectivity index (χ4v) is 5.36. The lowest BCUT2D eigenvalue weighted by Gasteiger charge is -2.26. The highest BCUT2D eigenvalue weighted by molar-refractivity contribution is 7.92. The maximum Gasteiger partial charge on any atom is 0.251 e. The Balaban J connectivity index is 1.73. The quantitative estimate of drug-likeness (QED) is 0.676. The molecule has 0 saturated heterocycles.